The van der Waals surface area contributed by atoms with Gasteiger partial charge in [-0.2, -0.15) is 0 Å². The van der Waals surface area contributed by atoms with Crippen LogP contribution in [-0.2, 0) is 0 Å². The highest BCUT2D eigenvalue weighted by atomic mass is 79.9. The molecule has 0 aliphatic rings. The fraction of sp³-hybridized carbons (Fsp3) is 0. The first kappa shape index (κ1) is 11.2. The predicted octanol–water partition coefficient (Wildman–Crippen LogP) is 3.59. The molecule has 0 amide bonds. The van der Waals surface area contributed by atoms with Gasteiger partial charge in [-0.05, 0) is 34.1 Å². The molecular formula is C11H7BrClNO2. The van der Waals surface area contributed by atoms with E-state index in [2.05, 4.69) is 15.9 Å². The number of hydrogen-bond acceptors (Lipinski definition) is 1. The Morgan fingerprint density at radius 1 is 1.38 bits per heavy atom. The van der Waals surface area contributed by atoms with Crippen molar-refractivity contribution >= 4 is 33.5 Å². The highest BCUT2D eigenvalue weighted by molar-refractivity contribution is 9.10. The smallest absolute Gasteiger partial charge is 0.352 e. The molecule has 16 heavy (non-hydrogen) atoms. The summed E-state index contributed by atoms with van der Waals surface area (Å²) in [6.07, 6.45) is 1.67. The summed E-state index contributed by atoms with van der Waals surface area (Å²) in [5.41, 5.74) is 0.812. The van der Waals surface area contributed by atoms with Gasteiger partial charge in [0.05, 0.1) is 10.7 Å². The monoisotopic (exact) mass is 299 g/mol. The van der Waals surface area contributed by atoms with Crippen LogP contribution in [-0.4, -0.2) is 15.6 Å². The molecule has 1 N–H and O–H groups in total. The minimum Gasteiger partial charge on any atom is -0.477 e. The van der Waals surface area contributed by atoms with Crippen LogP contribution in [0.15, 0.2) is 41.0 Å². The third-order valence-corrected chi connectivity index (χ3v) is 2.87. The third kappa shape index (κ3) is 1.99. The highest BCUT2D eigenvalue weighted by Crippen LogP contribution is 2.25. The molecule has 0 aliphatic heterocycles. The molecule has 2 aromatic rings. The molecular weight excluding hydrogens is 293 g/mol. The molecule has 0 atom stereocenters. The fourth-order valence-corrected chi connectivity index (χ4v) is 2.09. The molecule has 0 spiro atoms. The second kappa shape index (κ2) is 4.31. The van der Waals surface area contributed by atoms with Gasteiger partial charge in [-0.25, -0.2) is 4.79 Å². The topological polar surface area (TPSA) is 42.2 Å². The van der Waals surface area contributed by atoms with Gasteiger partial charge in [-0.15, -0.1) is 0 Å². The van der Waals surface area contributed by atoms with E-state index in [1.54, 1.807) is 30.5 Å². The second-order valence-corrected chi connectivity index (χ2v) is 4.49. The first-order chi connectivity index (χ1) is 7.59. The molecule has 0 unspecified atom stereocenters. The zero-order chi connectivity index (χ0) is 11.7. The van der Waals surface area contributed by atoms with Gasteiger partial charge in [-0.3, -0.25) is 0 Å². The molecule has 0 saturated heterocycles. The molecule has 0 saturated carbocycles. The van der Waals surface area contributed by atoms with Gasteiger partial charge in [0, 0.05) is 10.7 Å². The normalized spacial score (nSPS) is 10.4. The molecule has 3 nitrogen and oxygen atoms in total. The van der Waals surface area contributed by atoms with Crippen molar-refractivity contribution in [3.05, 3.63) is 51.7 Å². The van der Waals surface area contributed by atoms with E-state index in [9.17, 15) is 4.79 Å². The van der Waals surface area contributed by atoms with E-state index < -0.39 is 5.97 Å². The first-order valence-electron chi connectivity index (χ1n) is 4.45. The van der Waals surface area contributed by atoms with Crippen LogP contribution >= 0.6 is 27.5 Å². The minimum atomic E-state index is -0.995. The Morgan fingerprint density at radius 3 is 2.69 bits per heavy atom. The number of hydrogen-bond donors (Lipinski definition) is 1. The summed E-state index contributed by atoms with van der Waals surface area (Å²) >= 11 is 9.26. The average Bonchev–Trinajstić information content (AvgIpc) is 2.61. The summed E-state index contributed by atoms with van der Waals surface area (Å²) in [6.45, 7) is 0. The van der Waals surface area contributed by atoms with Gasteiger partial charge in [0.25, 0.3) is 0 Å². The van der Waals surface area contributed by atoms with Crippen molar-refractivity contribution in [2.45, 2.75) is 0 Å². The van der Waals surface area contributed by atoms with Gasteiger partial charge < -0.3 is 9.67 Å². The van der Waals surface area contributed by atoms with E-state index in [0.29, 0.717) is 15.2 Å². The largest absolute Gasteiger partial charge is 0.477 e. The van der Waals surface area contributed by atoms with Crippen LogP contribution in [0.3, 0.4) is 0 Å². The molecule has 1 aromatic carbocycles. The predicted molar refractivity (Wildman–Crippen MR) is 65.4 cm³/mol. The van der Waals surface area contributed by atoms with Crippen LogP contribution < -0.4 is 0 Å². The minimum absolute atomic E-state index is 0.167. The van der Waals surface area contributed by atoms with E-state index >= 15 is 0 Å². The number of rotatable bonds is 2. The lowest BCUT2D eigenvalue weighted by Crippen LogP contribution is -2.05. The molecule has 2 rings (SSSR count). The maximum absolute atomic E-state index is 11.0. The number of carboxylic acid groups (broad SMARTS) is 1. The molecule has 0 aliphatic carbocycles. The Hall–Kier alpha value is -1.26. The van der Waals surface area contributed by atoms with Crippen LogP contribution in [0.2, 0.25) is 5.02 Å². The number of nitrogens with zero attached hydrogens (tertiary/aromatic N) is 1. The van der Waals surface area contributed by atoms with Crippen LogP contribution in [0.5, 0.6) is 0 Å². The summed E-state index contributed by atoms with van der Waals surface area (Å²) in [6, 6.07) is 8.62. The molecule has 1 heterocycles. The highest BCUT2D eigenvalue weighted by Gasteiger charge is 2.14. The summed E-state index contributed by atoms with van der Waals surface area (Å²) in [5.74, 6) is -0.995. The Balaban J connectivity index is 2.64. The van der Waals surface area contributed by atoms with Gasteiger partial charge in [-0.1, -0.05) is 23.7 Å². The molecule has 0 radical (unpaired) electrons. The van der Waals surface area contributed by atoms with E-state index in [-0.39, 0.29) is 5.69 Å². The Morgan fingerprint density at radius 2 is 2.06 bits per heavy atom. The lowest BCUT2D eigenvalue weighted by molar-refractivity contribution is 0.0688. The second-order valence-electron chi connectivity index (χ2n) is 3.17. The maximum Gasteiger partial charge on any atom is 0.352 e. The number of aromatic carboxylic acids is 1. The van der Waals surface area contributed by atoms with Gasteiger partial charge >= 0.3 is 5.97 Å². The van der Waals surface area contributed by atoms with Crippen molar-refractivity contribution < 1.29 is 9.90 Å². The van der Waals surface area contributed by atoms with Crippen molar-refractivity contribution in [1.82, 2.24) is 4.57 Å². The summed E-state index contributed by atoms with van der Waals surface area (Å²) in [5, 5.41) is 9.55. The Kier molecular flexibility index (Phi) is 3.03. The maximum atomic E-state index is 11.0. The van der Waals surface area contributed by atoms with Crippen LogP contribution in [0, 0.1) is 0 Å². The lowest BCUT2D eigenvalue weighted by atomic mass is 10.3. The van der Waals surface area contributed by atoms with Crippen LogP contribution in [0.4, 0.5) is 0 Å². The first-order valence-corrected chi connectivity index (χ1v) is 5.63. The van der Waals surface area contributed by atoms with Crippen molar-refractivity contribution in [3.8, 4) is 5.69 Å². The van der Waals surface area contributed by atoms with Crippen LogP contribution in [0.1, 0.15) is 10.5 Å². The van der Waals surface area contributed by atoms with E-state index in [1.807, 2.05) is 0 Å². The number of aromatic nitrogens is 1. The van der Waals surface area contributed by atoms with Gasteiger partial charge in [0.15, 0.2) is 0 Å². The lowest BCUT2D eigenvalue weighted by Gasteiger charge is -2.07. The van der Waals surface area contributed by atoms with E-state index in [0.717, 1.165) is 0 Å². The van der Waals surface area contributed by atoms with Gasteiger partial charge in [0.2, 0.25) is 0 Å². The third-order valence-electron chi connectivity index (χ3n) is 2.12. The zero-order valence-electron chi connectivity index (χ0n) is 8.02. The van der Waals surface area contributed by atoms with Crippen molar-refractivity contribution in [2.24, 2.45) is 0 Å². The summed E-state index contributed by atoms with van der Waals surface area (Å²) in [7, 11) is 0. The molecule has 5 heteroatoms. The molecule has 82 valence electrons. The molecule has 1 aromatic heterocycles. The number of carboxylic acids is 1. The summed E-state index contributed by atoms with van der Waals surface area (Å²) in [4.78, 5) is 11.0. The quantitative estimate of drug-likeness (QED) is 0.921. The Bertz CT molecular complexity index is 551. The van der Waals surface area contributed by atoms with Crippen LogP contribution in [0.25, 0.3) is 5.69 Å². The van der Waals surface area contributed by atoms with Crippen molar-refractivity contribution in [2.75, 3.05) is 0 Å². The average molecular weight is 301 g/mol. The van der Waals surface area contributed by atoms with E-state index in [4.69, 9.17) is 16.7 Å². The van der Waals surface area contributed by atoms with Crippen molar-refractivity contribution in [3.63, 3.8) is 0 Å². The van der Waals surface area contributed by atoms with E-state index in [1.165, 1.54) is 10.6 Å². The molecule has 0 fully saturated rings. The van der Waals surface area contributed by atoms with Gasteiger partial charge in [0.1, 0.15) is 5.69 Å². The standard InChI is InChI=1S/C11H7BrClNO2/c12-7-5-10(11(15)16)14(6-7)9-4-2-1-3-8(9)13/h1-6H,(H,15,16). The number of para-hydroxylation sites is 1. The number of carbonyl (C=O) groups is 1. The Labute approximate surface area is 105 Å². The SMILES string of the molecule is O=C(O)c1cc(Br)cn1-c1ccccc1Cl. The fourth-order valence-electron chi connectivity index (χ4n) is 1.44. The number of halogens is 2. The summed E-state index contributed by atoms with van der Waals surface area (Å²) < 4.78 is 2.24. The number of benzene rings is 1. The molecule has 0 bridgehead atoms. The zero-order valence-corrected chi connectivity index (χ0v) is 10.4. The van der Waals surface area contributed by atoms with Crippen molar-refractivity contribution in [1.29, 1.82) is 0 Å².